The highest BCUT2D eigenvalue weighted by Gasteiger charge is 2.32. The van der Waals surface area contributed by atoms with Gasteiger partial charge in [0.15, 0.2) is 0 Å². The zero-order valence-corrected chi connectivity index (χ0v) is 15.8. The number of aromatic nitrogens is 1. The minimum absolute atomic E-state index is 0.0457. The van der Waals surface area contributed by atoms with E-state index in [-0.39, 0.29) is 17.7 Å². The van der Waals surface area contributed by atoms with E-state index in [1.807, 2.05) is 17.9 Å². The van der Waals surface area contributed by atoms with Crippen LogP contribution in [0.5, 0.6) is 0 Å². The third-order valence-corrected chi connectivity index (χ3v) is 5.63. The van der Waals surface area contributed by atoms with Crippen LogP contribution in [-0.2, 0) is 9.59 Å². The van der Waals surface area contributed by atoms with Crippen LogP contribution in [0.1, 0.15) is 53.5 Å². The summed E-state index contributed by atoms with van der Waals surface area (Å²) in [6, 6.07) is 2.55. The Morgan fingerprint density at radius 2 is 1.67 bits per heavy atom. The van der Waals surface area contributed by atoms with Crippen LogP contribution in [-0.4, -0.2) is 64.0 Å². The summed E-state index contributed by atoms with van der Waals surface area (Å²) in [5.74, 6) is -0.260. The van der Waals surface area contributed by atoms with Crippen molar-refractivity contribution >= 4 is 23.4 Å². The molecule has 1 saturated carbocycles. The Labute approximate surface area is 158 Å². The molecule has 8 nitrogen and oxygen atoms in total. The first-order valence-electron chi connectivity index (χ1n) is 9.58. The van der Waals surface area contributed by atoms with E-state index >= 15 is 0 Å². The normalized spacial score (nSPS) is 20.4. The number of nitrogens with zero attached hydrogens (tertiary/aromatic N) is 4. The van der Waals surface area contributed by atoms with Gasteiger partial charge in [0.05, 0.1) is 5.56 Å². The summed E-state index contributed by atoms with van der Waals surface area (Å²) in [5.41, 5.74) is 5.72. The van der Waals surface area contributed by atoms with Crippen LogP contribution in [0.25, 0.3) is 0 Å². The lowest BCUT2D eigenvalue weighted by atomic mass is 10.1. The van der Waals surface area contributed by atoms with Crippen molar-refractivity contribution in [2.45, 2.75) is 45.6 Å². The number of aryl methyl sites for hydroxylation is 1. The molecule has 0 spiro atoms. The summed E-state index contributed by atoms with van der Waals surface area (Å²) in [4.78, 5) is 40.2. The van der Waals surface area contributed by atoms with Gasteiger partial charge in [-0.3, -0.25) is 14.4 Å². The molecule has 1 aliphatic carbocycles. The van der Waals surface area contributed by atoms with Crippen LogP contribution in [0.4, 0.5) is 0 Å². The summed E-state index contributed by atoms with van der Waals surface area (Å²) >= 11 is 0. The molecule has 0 atom stereocenters. The topological polar surface area (TPSA) is 87.0 Å². The SMILES string of the molecule is Cc1cc(C(=O)N2CCN(C(=O)C3=NNC(=O)CC3)CC2)c(C)n1C1CC1. The zero-order chi connectivity index (χ0) is 19.1. The molecule has 1 aromatic heterocycles. The third-order valence-electron chi connectivity index (χ3n) is 5.63. The number of nitrogens with one attached hydrogen (secondary N) is 1. The second kappa shape index (κ2) is 6.83. The minimum Gasteiger partial charge on any atom is -0.345 e. The van der Waals surface area contributed by atoms with Gasteiger partial charge < -0.3 is 14.4 Å². The Morgan fingerprint density at radius 1 is 1.04 bits per heavy atom. The number of piperazine rings is 1. The van der Waals surface area contributed by atoms with E-state index in [9.17, 15) is 14.4 Å². The predicted molar refractivity (Wildman–Crippen MR) is 99.5 cm³/mol. The average molecular weight is 371 g/mol. The first kappa shape index (κ1) is 17.8. The average Bonchev–Trinajstić information content (AvgIpc) is 3.46. The molecule has 3 aliphatic rings. The second-order valence-corrected chi connectivity index (χ2v) is 7.56. The summed E-state index contributed by atoms with van der Waals surface area (Å²) in [6.07, 6.45) is 3.04. The van der Waals surface area contributed by atoms with Crippen LogP contribution in [0.2, 0.25) is 0 Å². The highest BCUT2D eigenvalue weighted by atomic mass is 16.2. The van der Waals surface area contributed by atoms with Crippen LogP contribution in [0, 0.1) is 13.8 Å². The van der Waals surface area contributed by atoms with Crippen LogP contribution in [0.3, 0.4) is 0 Å². The van der Waals surface area contributed by atoms with Gasteiger partial charge in [0.1, 0.15) is 5.71 Å². The van der Waals surface area contributed by atoms with Crippen molar-refractivity contribution in [2.75, 3.05) is 26.2 Å². The lowest BCUT2D eigenvalue weighted by Gasteiger charge is -2.35. The maximum Gasteiger partial charge on any atom is 0.270 e. The Hall–Kier alpha value is -2.64. The van der Waals surface area contributed by atoms with E-state index in [0.717, 1.165) is 17.0 Å². The molecular weight excluding hydrogens is 346 g/mol. The summed E-state index contributed by atoms with van der Waals surface area (Å²) in [7, 11) is 0. The van der Waals surface area contributed by atoms with Crippen molar-refractivity contribution in [1.29, 1.82) is 0 Å². The van der Waals surface area contributed by atoms with Crippen LogP contribution >= 0.6 is 0 Å². The highest BCUT2D eigenvalue weighted by Crippen LogP contribution is 2.38. The molecule has 2 fully saturated rings. The number of carbonyl (C=O) groups is 3. The van der Waals surface area contributed by atoms with Crippen molar-refractivity contribution in [3.05, 3.63) is 23.0 Å². The second-order valence-electron chi connectivity index (χ2n) is 7.56. The zero-order valence-electron chi connectivity index (χ0n) is 15.8. The smallest absolute Gasteiger partial charge is 0.270 e. The van der Waals surface area contributed by atoms with Crippen molar-refractivity contribution < 1.29 is 14.4 Å². The van der Waals surface area contributed by atoms with Gasteiger partial charge in [-0.25, -0.2) is 5.43 Å². The van der Waals surface area contributed by atoms with Gasteiger partial charge in [0.2, 0.25) is 5.91 Å². The molecule has 3 amide bonds. The predicted octanol–water partition coefficient (Wildman–Crippen LogP) is 0.990. The van der Waals surface area contributed by atoms with E-state index in [1.54, 1.807) is 4.90 Å². The van der Waals surface area contributed by atoms with Gasteiger partial charge in [-0.15, -0.1) is 0 Å². The monoisotopic (exact) mass is 371 g/mol. The van der Waals surface area contributed by atoms with Crippen molar-refractivity contribution in [2.24, 2.45) is 5.10 Å². The lowest BCUT2D eigenvalue weighted by Crippen LogP contribution is -2.52. The molecule has 0 aromatic carbocycles. The largest absolute Gasteiger partial charge is 0.345 e. The van der Waals surface area contributed by atoms with Crippen molar-refractivity contribution in [3.63, 3.8) is 0 Å². The molecule has 1 N–H and O–H groups in total. The Morgan fingerprint density at radius 3 is 2.22 bits per heavy atom. The molecule has 27 heavy (non-hydrogen) atoms. The lowest BCUT2D eigenvalue weighted by molar-refractivity contribution is -0.126. The Bertz CT molecular complexity index is 829. The van der Waals surface area contributed by atoms with Crippen LogP contribution < -0.4 is 5.43 Å². The van der Waals surface area contributed by atoms with Gasteiger partial charge in [-0.2, -0.15) is 5.10 Å². The van der Waals surface area contributed by atoms with E-state index in [0.29, 0.717) is 50.8 Å². The first-order valence-corrected chi connectivity index (χ1v) is 9.58. The van der Waals surface area contributed by atoms with Gasteiger partial charge in [0.25, 0.3) is 11.8 Å². The van der Waals surface area contributed by atoms with E-state index < -0.39 is 0 Å². The van der Waals surface area contributed by atoms with Gasteiger partial charge in [0, 0.05) is 56.5 Å². The number of carbonyl (C=O) groups excluding carboxylic acids is 3. The number of hydrazone groups is 1. The minimum atomic E-state index is -0.161. The summed E-state index contributed by atoms with van der Waals surface area (Å²) in [5, 5.41) is 3.88. The molecule has 144 valence electrons. The molecule has 1 saturated heterocycles. The fourth-order valence-corrected chi connectivity index (χ4v) is 3.98. The van der Waals surface area contributed by atoms with Gasteiger partial charge in [-0.05, 0) is 32.8 Å². The maximum absolute atomic E-state index is 13.0. The maximum atomic E-state index is 13.0. The standard InChI is InChI=1S/C19H25N5O3/c1-12-11-15(13(2)24(12)14-3-4-14)18(26)22-7-9-23(10-8-22)19(27)16-5-6-17(25)21-20-16/h11,14H,3-10H2,1-2H3,(H,21,25). The van der Waals surface area contributed by atoms with E-state index in [4.69, 9.17) is 0 Å². The van der Waals surface area contributed by atoms with Crippen molar-refractivity contribution in [1.82, 2.24) is 19.8 Å². The molecule has 0 radical (unpaired) electrons. The number of amides is 3. The van der Waals surface area contributed by atoms with Gasteiger partial charge >= 0.3 is 0 Å². The third kappa shape index (κ3) is 3.36. The summed E-state index contributed by atoms with van der Waals surface area (Å²) in [6.45, 7) is 6.07. The molecule has 4 rings (SSSR count). The van der Waals surface area contributed by atoms with Crippen molar-refractivity contribution in [3.8, 4) is 0 Å². The fourth-order valence-electron chi connectivity index (χ4n) is 3.98. The van der Waals surface area contributed by atoms with E-state index in [1.165, 1.54) is 12.8 Å². The molecule has 1 aromatic rings. The first-order chi connectivity index (χ1) is 13.0. The molecular formula is C19H25N5O3. The number of hydrogen-bond donors (Lipinski definition) is 1. The molecule has 8 heteroatoms. The van der Waals surface area contributed by atoms with Crippen LogP contribution in [0.15, 0.2) is 11.2 Å². The quantitative estimate of drug-likeness (QED) is 0.860. The number of hydrogen-bond acceptors (Lipinski definition) is 4. The van der Waals surface area contributed by atoms with E-state index in [2.05, 4.69) is 22.0 Å². The Balaban J connectivity index is 1.39. The van der Waals surface area contributed by atoms with Gasteiger partial charge in [-0.1, -0.05) is 0 Å². The fraction of sp³-hybridized carbons (Fsp3) is 0.579. The summed E-state index contributed by atoms with van der Waals surface area (Å²) < 4.78 is 2.28. The molecule has 2 aliphatic heterocycles. The highest BCUT2D eigenvalue weighted by molar-refractivity contribution is 6.39. The Kier molecular flexibility index (Phi) is 4.49. The molecule has 0 unspecified atom stereocenters. The number of rotatable bonds is 3. The molecule has 3 heterocycles. The molecule has 0 bridgehead atoms.